The van der Waals surface area contributed by atoms with Crippen LogP contribution < -0.4 is 5.73 Å². The summed E-state index contributed by atoms with van der Waals surface area (Å²) < 4.78 is 0. The van der Waals surface area contributed by atoms with Crippen LogP contribution in [0.4, 0.5) is 4.79 Å². The van der Waals surface area contributed by atoms with Crippen molar-refractivity contribution in [1.29, 1.82) is 0 Å². The van der Waals surface area contributed by atoms with Crippen molar-refractivity contribution in [3.63, 3.8) is 0 Å². The Morgan fingerprint density at radius 3 is 2.40 bits per heavy atom. The Balaban J connectivity index is 3.92. The van der Waals surface area contributed by atoms with E-state index in [0.29, 0.717) is 0 Å². The molecule has 60 valence electrons. The minimum absolute atomic E-state index is 0.289. The molecule has 5 heteroatoms. The van der Waals surface area contributed by atoms with Crippen molar-refractivity contribution >= 4 is 6.03 Å². The topological polar surface area (TPSA) is 86.8 Å². The molecule has 0 rings (SSSR count). The molecule has 4 N–H and O–H groups in total. The van der Waals surface area contributed by atoms with Crippen molar-refractivity contribution in [1.82, 2.24) is 4.90 Å². The van der Waals surface area contributed by atoms with E-state index in [4.69, 9.17) is 15.9 Å². The van der Waals surface area contributed by atoms with Crippen molar-refractivity contribution in [2.45, 2.75) is 13.2 Å². The number of primary amides is 1. The summed E-state index contributed by atoms with van der Waals surface area (Å²) in [5.74, 6) is 0. The lowest BCUT2D eigenvalue weighted by atomic mass is 10.5. The second kappa shape index (κ2) is 4.08. The zero-order valence-electron chi connectivity index (χ0n) is 5.82. The summed E-state index contributed by atoms with van der Waals surface area (Å²) >= 11 is 0. The minimum Gasteiger partial charge on any atom is -0.392 e. The third-order valence-corrected chi connectivity index (χ3v) is 1.15. The zero-order chi connectivity index (χ0) is 8.15. The molecule has 0 aliphatic heterocycles. The standard InChI is InChI=1S/C5H12N2O3/c1-2-7(5(6)10)4(9)3-8/h4,8-9H,2-3H2,1H3,(H2,6,10). The van der Waals surface area contributed by atoms with Gasteiger partial charge in [0, 0.05) is 6.54 Å². The quantitative estimate of drug-likeness (QED) is 0.435. The van der Waals surface area contributed by atoms with Crippen LogP contribution in [-0.2, 0) is 0 Å². The van der Waals surface area contributed by atoms with Crippen LogP contribution in [0.15, 0.2) is 0 Å². The van der Waals surface area contributed by atoms with Gasteiger partial charge < -0.3 is 15.9 Å². The Labute approximate surface area is 59.0 Å². The van der Waals surface area contributed by atoms with Gasteiger partial charge in [0.25, 0.3) is 0 Å². The van der Waals surface area contributed by atoms with Gasteiger partial charge in [0.15, 0.2) is 6.23 Å². The first-order valence-corrected chi connectivity index (χ1v) is 2.98. The summed E-state index contributed by atoms with van der Waals surface area (Å²) in [6.07, 6.45) is -1.18. The summed E-state index contributed by atoms with van der Waals surface area (Å²) in [6, 6.07) is -0.732. The molecule has 0 spiro atoms. The monoisotopic (exact) mass is 148 g/mol. The third-order valence-electron chi connectivity index (χ3n) is 1.15. The molecule has 0 saturated carbocycles. The third kappa shape index (κ3) is 2.20. The molecule has 0 aliphatic carbocycles. The molecule has 0 aromatic heterocycles. The fourth-order valence-electron chi connectivity index (χ4n) is 0.612. The zero-order valence-corrected chi connectivity index (χ0v) is 5.82. The van der Waals surface area contributed by atoms with Crippen LogP contribution >= 0.6 is 0 Å². The Kier molecular flexibility index (Phi) is 3.75. The van der Waals surface area contributed by atoms with E-state index in [0.717, 1.165) is 4.90 Å². The molecule has 0 aliphatic rings. The molecule has 0 heterocycles. The maximum atomic E-state index is 10.4. The maximum absolute atomic E-state index is 10.4. The van der Waals surface area contributed by atoms with Gasteiger partial charge in [-0.1, -0.05) is 0 Å². The molecule has 1 atom stereocenters. The molecule has 0 radical (unpaired) electrons. The number of aliphatic hydroxyl groups is 2. The fraction of sp³-hybridized carbons (Fsp3) is 0.800. The largest absolute Gasteiger partial charge is 0.392 e. The first-order valence-electron chi connectivity index (χ1n) is 2.98. The molecule has 5 nitrogen and oxygen atoms in total. The minimum atomic E-state index is -1.18. The Bertz CT molecular complexity index is 117. The number of hydrogen-bond donors (Lipinski definition) is 3. The van der Waals surface area contributed by atoms with Crippen molar-refractivity contribution < 1.29 is 15.0 Å². The average Bonchev–Trinajstić information content (AvgIpc) is 1.88. The van der Waals surface area contributed by atoms with E-state index in [1.165, 1.54) is 0 Å². The second-order valence-electron chi connectivity index (χ2n) is 1.79. The number of carbonyl (C=O) groups excluding carboxylic acids is 1. The molecular formula is C5H12N2O3. The summed E-state index contributed by atoms with van der Waals surface area (Å²) in [4.78, 5) is 11.4. The van der Waals surface area contributed by atoms with Gasteiger partial charge in [-0.15, -0.1) is 0 Å². The van der Waals surface area contributed by atoms with Crippen molar-refractivity contribution in [3.8, 4) is 0 Å². The number of hydrogen-bond acceptors (Lipinski definition) is 3. The predicted molar refractivity (Wildman–Crippen MR) is 35.1 cm³/mol. The molecule has 0 aromatic carbocycles. The molecule has 1 unspecified atom stereocenters. The molecule has 0 saturated heterocycles. The van der Waals surface area contributed by atoms with E-state index in [-0.39, 0.29) is 6.54 Å². The highest BCUT2D eigenvalue weighted by molar-refractivity contribution is 5.72. The highest BCUT2D eigenvalue weighted by Crippen LogP contribution is 1.92. The van der Waals surface area contributed by atoms with E-state index < -0.39 is 18.9 Å². The van der Waals surface area contributed by atoms with Crippen LogP contribution in [0.5, 0.6) is 0 Å². The second-order valence-corrected chi connectivity index (χ2v) is 1.79. The fourth-order valence-corrected chi connectivity index (χ4v) is 0.612. The lowest BCUT2D eigenvalue weighted by Gasteiger charge is -2.22. The van der Waals surface area contributed by atoms with Crippen LogP contribution in [0.1, 0.15) is 6.92 Å². The summed E-state index contributed by atoms with van der Waals surface area (Å²) in [5.41, 5.74) is 4.84. The first kappa shape index (κ1) is 9.19. The number of carbonyl (C=O) groups is 1. The Morgan fingerprint density at radius 2 is 2.30 bits per heavy atom. The van der Waals surface area contributed by atoms with Gasteiger partial charge in [0.05, 0.1) is 6.61 Å². The van der Waals surface area contributed by atoms with Crippen molar-refractivity contribution in [2.75, 3.05) is 13.2 Å². The number of likely N-dealkylation sites (N-methyl/N-ethyl adjacent to an activating group) is 1. The van der Waals surface area contributed by atoms with Crippen LogP contribution in [0.25, 0.3) is 0 Å². The predicted octanol–water partition coefficient (Wildman–Crippen LogP) is -1.30. The number of amides is 2. The SMILES string of the molecule is CCN(C(N)=O)C(O)CO. The molecular weight excluding hydrogens is 136 g/mol. The van der Waals surface area contributed by atoms with E-state index >= 15 is 0 Å². The highest BCUT2D eigenvalue weighted by atomic mass is 16.3. The van der Waals surface area contributed by atoms with E-state index in [9.17, 15) is 4.79 Å². The molecule has 2 amide bonds. The van der Waals surface area contributed by atoms with Gasteiger partial charge >= 0.3 is 6.03 Å². The van der Waals surface area contributed by atoms with Crippen LogP contribution in [0.3, 0.4) is 0 Å². The maximum Gasteiger partial charge on any atom is 0.316 e. The summed E-state index contributed by atoms with van der Waals surface area (Å²) in [6.45, 7) is 1.46. The van der Waals surface area contributed by atoms with Gasteiger partial charge in [-0.05, 0) is 6.92 Å². The van der Waals surface area contributed by atoms with Crippen molar-refractivity contribution in [2.24, 2.45) is 5.73 Å². The molecule has 0 fully saturated rings. The molecule has 10 heavy (non-hydrogen) atoms. The van der Waals surface area contributed by atoms with E-state index in [1.54, 1.807) is 6.92 Å². The Morgan fingerprint density at radius 1 is 1.80 bits per heavy atom. The van der Waals surface area contributed by atoms with Gasteiger partial charge in [-0.25, -0.2) is 4.79 Å². The van der Waals surface area contributed by atoms with Gasteiger partial charge in [0.1, 0.15) is 0 Å². The number of rotatable bonds is 3. The van der Waals surface area contributed by atoms with Gasteiger partial charge in [-0.3, -0.25) is 4.90 Å². The summed E-state index contributed by atoms with van der Waals surface area (Å²) in [7, 11) is 0. The summed E-state index contributed by atoms with van der Waals surface area (Å²) in [5, 5.41) is 17.2. The smallest absolute Gasteiger partial charge is 0.316 e. The van der Waals surface area contributed by atoms with Crippen molar-refractivity contribution in [3.05, 3.63) is 0 Å². The number of urea groups is 1. The normalized spacial score (nSPS) is 12.7. The first-order chi connectivity index (χ1) is 4.63. The van der Waals surface area contributed by atoms with E-state index in [2.05, 4.69) is 0 Å². The molecule has 0 aromatic rings. The number of aliphatic hydroxyl groups excluding tert-OH is 2. The van der Waals surface area contributed by atoms with E-state index in [1.807, 2.05) is 0 Å². The highest BCUT2D eigenvalue weighted by Gasteiger charge is 2.15. The number of nitrogens with zero attached hydrogens (tertiary/aromatic N) is 1. The lowest BCUT2D eigenvalue weighted by molar-refractivity contribution is -0.00620. The van der Waals surface area contributed by atoms with Gasteiger partial charge in [-0.2, -0.15) is 0 Å². The lowest BCUT2D eigenvalue weighted by Crippen LogP contribution is -2.45. The van der Waals surface area contributed by atoms with Crippen LogP contribution in [0.2, 0.25) is 0 Å². The Hall–Kier alpha value is -0.810. The molecule has 0 bridgehead atoms. The van der Waals surface area contributed by atoms with Crippen LogP contribution in [-0.4, -0.2) is 40.5 Å². The van der Waals surface area contributed by atoms with Crippen LogP contribution in [0, 0.1) is 0 Å². The average molecular weight is 148 g/mol. The van der Waals surface area contributed by atoms with Gasteiger partial charge in [0.2, 0.25) is 0 Å². The number of nitrogens with two attached hydrogens (primary N) is 1.